The van der Waals surface area contributed by atoms with Crippen LogP contribution in [0.25, 0.3) is 11.2 Å². The lowest BCUT2D eigenvalue weighted by Gasteiger charge is -2.33. The topological polar surface area (TPSA) is 51.0 Å². The number of carbonyl (C=O) groups is 1. The fourth-order valence-corrected chi connectivity index (χ4v) is 5.21. The first kappa shape index (κ1) is 19.9. The van der Waals surface area contributed by atoms with Gasteiger partial charge in [-0.1, -0.05) is 30.3 Å². The van der Waals surface area contributed by atoms with Crippen LogP contribution in [0.1, 0.15) is 40.7 Å². The normalized spacial score (nSPS) is 14.9. The Morgan fingerprint density at radius 1 is 1.10 bits per heavy atom. The summed E-state index contributed by atoms with van der Waals surface area (Å²) in [6.07, 6.45) is 5.01. The molecule has 1 saturated heterocycles. The van der Waals surface area contributed by atoms with E-state index in [4.69, 9.17) is 4.98 Å². The lowest BCUT2D eigenvalue weighted by atomic mass is 10.0. The summed E-state index contributed by atoms with van der Waals surface area (Å²) in [6, 6.07) is 16.8. The van der Waals surface area contributed by atoms with Gasteiger partial charge in [0, 0.05) is 36.6 Å². The molecule has 6 heteroatoms. The predicted octanol–water partition coefficient (Wildman–Crippen LogP) is 4.80. The van der Waals surface area contributed by atoms with Gasteiger partial charge >= 0.3 is 0 Å². The molecule has 0 saturated carbocycles. The molecule has 158 valence electrons. The van der Waals surface area contributed by atoms with Gasteiger partial charge in [0.15, 0.2) is 5.65 Å². The number of hydrogen-bond acceptors (Lipinski definition) is 4. The highest BCUT2D eigenvalue weighted by atomic mass is 32.1. The minimum Gasteiger partial charge on any atom is -0.342 e. The van der Waals surface area contributed by atoms with Gasteiger partial charge in [0.2, 0.25) is 5.91 Å². The van der Waals surface area contributed by atoms with Crippen LogP contribution in [0, 0.1) is 6.92 Å². The molecule has 1 aliphatic heterocycles. The molecule has 1 aromatic carbocycles. The van der Waals surface area contributed by atoms with E-state index in [0.29, 0.717) is 12.5 Å². The average Bonchev–Trinajstić information content (AvgIpc) is 3.43. The number of rotatable bonds is 5. The molecular weight excluding hydrogens is 404 g/mol. The highest BCUT2D eigenvalue weighted by Gasteiger charge is 2.27. The zero-order valence-corrected chi connectivity index (χ0v) is 18.5. The first-order valence-corrected chi connectivity index (χ1v) is 11.7. The molecular formula is C25H26N4OS. The fraction of sp³-hybridized carbons (Fsp3) is 0.320. The Balaban J connectivity index is 1.37. The van der Waals surface area contributed by atoms with Crippen LogP contribution in [0.2, 0.25) is 0 Å². The molecule has 4 heterocycles. The van der Waals surface area contributed by atoms with Crippen molar-refractivity contribution >= 4 is 28.4 Å². The Hall–Kier alpha value is -2.99. The van der Waals surface area contributed by atoms with Crippen LogP contribution < -0.4 is 0 Å². The smallest absolute Gasteiger partial charge is 0.227 e. The molecule has 0 N–H and O–H groups in total. The number of benzene rings is 1. The fourth-order valence-electron chi connectivity index (χ4n) is 4.51. The Kier molecular flexibility index (Phi) is 5.55. The molecule has 4 aromatic rings. The van der Waals surface area contributed by atoms with E-state index in [1.807, 2.05) is 40.7 Å². The molecule has 1 aliphatic rings. The summed E-state index contributed by atoms with van der Waals surface area (Å²) in [5.74, 6) is 1.29. The van der Waals surface area contributed by atoms with E-state index in [2.05, 4.69) is 40.7 Å². The summed E-state index contributed by atoms with van der Waals surface area (Å²) in [4.78, 5) is 25.5. The van der Waals surface area contributed by atoms with Crippen LogP contribution in [-0.4, -0.2) is 38.4 Å². The number of carbonyl (C=O) groups excluding carboxylic acids is 1. The minimum atomic E-state index is 0.231. The monoisotopic (exact) mass is 430 g/mol. The molecule has 0 unspecified atom stereocenters. The lowest BCUT2D eigenvalue weighted by molar-refractivity contribution is -0.131. The largest absolute Gasteiger partial charge is 0.342 e. The maximum Gasteiger partial charge on any atom is 0.227 e. The van der Waals surface area contributed by atoms with E-state index in [9.17, 15) is 4.79 Å². The second kappa shape index (κ2) is 8.63. The van der Waals surface area contributed by atoms with Crippen molar-refractivity contribution in [2.75, 3.05) is 13.1 Å². The van der Waals surface area contributed by atoms with E-state index >= 15 is 0 Å². The van der Waals surface area contributed by atoms with E-state index in [1.165, 1.54) is 11.1 Å². The highest BCUT2D eigenvalue weighted by molar-refractivity contribution is 7.10. The summed E-state index contributed by atoms with van der Waals surface area (Å²) in [6.45, 7) is 3.72. The number of amides is 1. The minimum absolute atomic E-state index is 0.231. The third kappa shape index (κ3) is 4.12. The van der Waals surface area contributed by atoms with Crippen LogP contribution in [-0.2, 0) is 17.6 Å². The number of thiophene rings is 1. The van der Waals surface area contributed by atoms with Crippen molar-refractivity contribution in [3.63, 3.8) is 0 Å². The third-order valence-electron chi connectivity index (χ3n) is 6.22. The SMILES string of the molecule is Cc1ccccc1Cc1nc2cccnc2n1C1CCN(C(=O)Cc2cccs2)CC1. The third-order valence-corrected chi connectivity index (χ3v) is 7.10. The number of fused-ring (bicyclic) bond motifs is 1. The van der Waals surface area contributed by atoms with Gasteiger partial charge in [0.25, 0.3) is 0 Å². The van der Waals surface area contributed by atoms with Crippen LogP contribution in [0.4, 0.5) is 0 Å². The first-order valence-electron chi connectivity index (χ1n) is 10.9. The quantitative estimate of drug-likeness (QED) is 0.457. The molecule has 0 spiro atoms. The lowest BCUT2D eigenvalue weighted by Crippen LogP contribution is -2.40. The molecule has 0 aliphatic carbocycles. The number of aromatic nitrogens is 3. The van der Waals surface area contributed by atoms with Gasteiger partial charge in [-0.2, -0.15) is 0 Å². The van der Waals surface area contributed by atoms with Gasteiger partial charge in [0.1, 0.15) is 11.3 Å². The Bertz CT molecular complexity index is 1190. The number of aryl methyl sites for hydroxylation is 1. The maximum atomic E-state index is 12.7. The molecule has 5 rings (SSSR count). The zero-order chi connectivity index (χ0) is 21.2. The molecule has 3 aromatic heterocycles. The number of piperidine rings is 1. The molecule has 31 heavy (non-hydrogen) atoms. The summed E-state index contributed by atoms with van der Waals surface area (Å²) < 4.78 is 2.34. The summed E-state index contributed by atoms with van der Waals surface area (Å²) in [5, 5.41) is 2.03. The van der Waals surface area contributed by atoms with Gasteiger partial charge < -0.3 is 9.47 Å². The molecule has 0 atom stereocenters. The van der Waals surface area contributed by atoms with Crippen molar-refractivity contribution < 1.29 is 4.79 Å². The molecule has 5 nitrogen and oxygen atoms in total. The number of likely N-dealkylation sites (tertiary alicyclic amines) is 1. The van der Waals surface area contributed by atoms with Gasteiger partial charge in [-0.25, -0.2) is 9.97 Å². The second-order valence-electron chi connectivity index (χ2n) is 8.22. The Labute approximate surface area is 186 Å². The Morgan fingerprint density at radius 2 is 1.94 bits per heavy atom. The standard InChI is InChI=1S/C25H26N4OS/c1-18-6-2-3-7-19(18)16-23-27-22-9-4-12-26-25(22)29(23)20-10-13-28(14-11-20)24(30)17-21-8-5-15-31-21/h2-9,12,15,20H,10-11,13-14,16-17H2,1H3. The van der Waals surface area contributed by atoms with Crippen molar-refractivity contribution in [1.82, 2.24) is 19.4 Å². The van der Waals surface area contributed by atoms with E-state index in [0.717, 1.165) is 54.2 Å². The van der Waals surface area contributed by atoms with E-state index < -0.39 is 0 Å². The molecule has 1 fully saturated rings. The van der Waals surface area contributed by atoms with Crippen LogP contribution in [0.5, 0.6) is 0 Å². The van der Waals surface area contributed by atoms with E-state index in [-0.39, 0.29) is 5.91 Å². The molecule has 1 amide bonds. The van der Waals surface area contributed by atoms with Crippen molar-refractivity contribution in [3.8, 4) is 0 Å². The Morgan fingerprint density at radius 3 is 2.71 bits per heavy atom. The predicted molar refractivity (Wildman–Crippen MR) is 124 cm³/mol. The first-order chi connectivity index (χ1) is 15.2. The van der Waals surface area contributed by atoms with Crippen molar-refractivity contribution in [1.29, 1.82) is 0 Å². The van der Waals surface area contributed by atoms with Gasteiger partial charge in [0.05, 0.1) is 6.42 Å². The molecule has 0 radical (unpaired) electrons. The van der Waals surface area contributed by atoms with Crippen LogP contribution in [0.3, 0.4) is 0 Å². The maximum absolute atomic E-state index is 12.7. The number of nitrogens with zero attached hydrogens (tertiary/aromatic N) is 4. The number of pyridine rings is 1. The zero-order valence-electron chi connectivity index (χ0n) is 17.7. The molecule has 0 bridgehead atoms. The summed E-state index contributed by atoms with van der Waals surface area (Å²) >= 11 is 1.65. The second-order valence-corrected chi connectivity index (χ2v) is 9.25. The van der Waals surface area contributed by atoms with Crippen LogP contribution in [0.15, 0.2) is 60.1 Å². The van der Waals surface area contributed by atoms with Gasteiger partial charge in [-0.15, -0.1) is 11.3 Å². The van der Waals surface area contributed by atoms with E-state index in [1.54, 1.807) is 11.3 Å². The van der Waals surface area contributed by atoms with Gasteiger partial charge in [-0.3, -0.25) is 4.79 Å². The average molecular weight is 431 g/mol. The van der Waals surface area contributed by atoms with Crippen LogP contribution >= 0.6 is 11.3 Å². The number of hydrogen-bond donors (Lipinski definition) is 0. The van der Waals surface area contributed by atoms with Crippen molar-refractivity contribution in [2.24, 2.45) is 0 Å². The van der Waals surface area contributed by atoms with Gasteiger partial charge in [-0.05, 0) is 54.5 Å². The van der Waals surface area contributed by atoms with Crippen molar-refractivity contribution in [3.05, 3.63) is 81.9 Å². The highest BCUT2D eigenvalue weighted by Crippen LogP contribution is 2.29. The van der Waals surface area contributed by atoms with Crippen molar-refractivity contribution in [2.45, 2.75) is 38.6 Å². The summed E-state index contributed by atoms with van der Waals surface area (Å²) in [7, 11) is 0. The summed E-state index contributed by atoms with van der Waals surface area (Å²) in [5.41, 5.74) is 4.47. The number of imidazole rings is 1.